The van der Waals surface area contributed by atoms with Crippen molar-refractivity contribution in [2.45, 2.75) is 32.2 Å². The van der Waals surface area contributed by atoms with Crippen molar-refractivity contribution in [3.63, 3.8) is 0 Å². The van der Waals surface area contributed by atoms with Gasteiger partial charge in [0.25, 0.3) is 5.91 Å². The summed E-state index contributed by atoms with van der Waals surface area (Å²) in [5, 5.41) is 4.18. The number of ether oxygens (including phenoxy) is 2. The summed E-state index contributed by atoms with van der Waals surface area (Å²) in [6, 6.07) is 14.3. The minimum absolute atomic E-state index is 0.0883. The van der Waals surface area contributed by atoms with Crippen molar-refractivity contribution in [1.29, 1.82) is 0 Å². The third kappa shape index (κ3) is 4.98. The van der Waals surface area contributed by atoms with E-state index in [-0.39, 0.29) is 11.9 Å². The number of nitrogens with zero attached hydrogens (tertiary/aromatic N) is 6. The zero-order valence-corrected chi connectivity index (χ0v) is 19.7. The first kappa shape index (κ1) is 22.5. The Balaban J connectivity index is 1.39. The van der Waals surface area contributed by atoms with Crippen LogP contribution in [0.2, 0.25) is 0 Å². The van der Waals surface area contributed by atoms with Crippen molar-refractivity contribution in [3.8, 4) is 23.2 Å². The van der Waals surface area contributed by atoms with Crippen molar-refractivity contribution in [2.24, 2.45) is 0 Å². The van der Waals surface area contributed by atoms with Gasteiger partial charge in [-0.05, 0) is 56.5 Å². The molecule has 0 radical (unpaired) electrons. The van der Waals surface area contributed by atoms with Gasteiger partial charge in [-0.3, -0.25) is 4.79 Å². The van der Waals surface area contributed by atoms with Crippen LogP contribution in [0.25, 0.3) is 5.82 Å². The van der Waals surface area contributed by atoms with E-state index in [1.54, 1.807) is 48.5 Å². The fourth-order valence-corrected chi connectivity index (χ4v) is 4.21. The van der Waals surface area contributed by atoms with Crippen molar-refractivity contribution in [1.82, 2.24) is 29.6 Å². The summed E-state index contributed by atoms with van der Waals surface area (Å²) in [6.07, 6.45) is 7.80. The molecule has 178 valence electrons. The van der Waals surface area contributed by atoms with E-state index in [1.165, 1.54) is 0 Å². The SMILES string of the molecule is COc1cccc(Oc2cc(C)nc([C@H]3CCCCN3C(=O)c3ccc(-n4cccn4)nc3)n2)c1. The first-order chi connectivity index (χ1) is 17.1. The summed E-state index contributed by atoms with van der Waals surface area (Å²) in [7, 11) is 1.61. The molecule has 0 bridgehead atoms. The van der Waals surface area contributed by atoms with Gasteiger partial charge >= 0.3 is 0 Å². The van der Waals surface area contributed by atoms with Crippen LogP contribution in [0, 0.1) is 6.92 Å². The van der Waals surface area contributed by atoms with Gasteiger partial charge in [0, 0.05) is 43.0 Å². The highest BCUT2D eigenvalue weighted by Gasteiger charge is 2.31. The molecule has 9 nitrogen and oxygen atoms in total. The number of methoxy groups -OCH3 is 1. The maximum atomic E-state index is 13.5. The highest BCUT2D eigenvalue weighted by molar-refractivity contribution is 5.94. The molecule has 35 heavy (non-hydrogen) atoms. The van der Waals surface area contributed by atoms with Gasteiger partial charge in [0.2, 0.25) is 5.88 Å². The Bertz CT molecular complexity index is 1310. The summed E-state index contributed by atoms with van der Waals surface area (Å²) in [6.45, 7) is 2.53. The summed E-state index contributed by atoms with van der Waals surface area (Å²) in [4.78, 5) is 29.1. The number of benzene rings is 1. The van der Waals surface area contributed by atoms with Crippen LogP contribution in [0.4, 0.5) is 0 Å². The van der Waals surface area contributed by atoms with Crippen LogP contribution >= 0.6 is 0 Å². The Kier molecular flexibility index (Phi) is 6.38. The predicted octanol–water partition coefficient (Wildman–Crippen LogP) is 4.53. The molecule has 9 heteroatoms. The number of amides is 1. The molecule has 4 aromatic rings. The van der Waals surface area contributed by atoms with Crippen molar-refractivity contribution >= 4 is 5.91 Å². The van der Waals surface area contributed by atoms with E-state index in [4.69, 9.17) is 9.47 Å². The summed E-state index contributed by atoms with van der Waals surface area (Å²) < 4.78 is 12.9. The average Bonchev–Trinajstić information content (AvgIpc) is 3.43. The van der Waals surface area contributed by atoms with Crippen LogP contribution in [0.3, 0.4) is 0 Å². The summed E-state index contributed by atoms with van der Waals surface area (Å²) in [5.74, 6) is 2.90. The molecule has 1 fully saturated rings. The zero-order chi connectivity index (χ0) is 24.2. The van der Waals surface area contributed by atoms with Crippen LogP contribution in [-0.2, 0) is 0 Å². The second kappa shape index (κ2) is 9.92. The lowest BCUT2D eigenvalue weighted by Gasteiger charge is -2.35. The Morgan fingerprint density at radius 3 is 2.71 bits per heavy atom. The Hall–Kier alpha value is -4.27. The van der Waals surface area contributed by atoms with E-state index in [1.807, 2.05) is 42.3 Å². The first-order valence-corrected chi connectivity index (χ1v) is 11.6. The maximum absolute atomic E-state index is 13.5. The number of carbonyl (C=O) groups excluding carboxylic acids is 1. The molecule has 1 amide bonds. The first-order valence-electron chi connectivity index (χ1n) is 11.6. The van der Waals surface area contributed by atoms with Gasteiger partial charge in [0.1, 0.15) is 11.5 Å². The molecule has 0 N–H and O–H groups in total. The second-order valence-corrected chi connectivity index (χ2v) is 8.35. The quantitative estimate of drug-likeness (QED) is 0.408. The molecule has 4 heterocycles. The second-order valence-electron chi connectivity index (χ2n) is 8.35. The van der Waals surface area contributed by atoms with Gasteiger partial charge in [-0.2, -0.15) is 10.1 Å². The number of hydrogen-bond donors (Lipinski definition) is 0. The molecular formula is C26H26N6O3. The number of pyridine rings is 1. The number of aromatic nitrogens is 5. The average molecular weight is 471 g/mol. The van der Waals surface area contributed by atoms with E-state index in [0.29, 0.717) is 41.1 Å². The van der Waals surface area contributed by atoms with Crippen LogP contribution in [0.15, 0.2) is 67.1 Å². The number of rotatable bonds is 6. The molecule has 5 rings (SSSR count). The predicted molar refractivity (Wildman–Crippen MR) is 129 cm³/mol. The van der Waals surface area contributed by atoms with Crippen LogP contribution in [-0.4, -0.2) is 49.2 Å². The van der Waals surface area contributed by atoms with E-state index in [2.05, 4.69) is 20.1 Å². The van der Waals surface area contributed by atoms with Gasteiger partial charge in [0.15, 0.2) is 11.6 Å². The zero-order valence-electron chi connectivity index (χ0n) is 19.7. The number of aryl methyl sites for hydroxylation is 1. The van der Waals surface area contributed by atoms with Gasteiger partial charge in [-0.15, -0.1) is 0 Å². The molecular weight excluding hydrogens is 444 g/mol. The molecule has 0 saturated carbocycles. The maximum Gasteiger partial charge on any atom is 0.256 e. The molecule has 0 unspecified atom stereocenters. The fourth-order valence-electron chi connectivity index (χ4n) is 4.21. The highest BCUT2D eigenvalue weighted by atomic mass is 16.5. The molecule has 3 aromatic heterocycles. The fraction of sp³-hybridized carbons (Fsp3) is 0.269. The standard InChI is InChI=1S/C26H26N6O3/c1-18-15-24(35-21-8-5-7-20(16-21)34-2)30-25(29-18)22-9-3-4-13-31(22)26(33)19-10-11-23(27-17-19)32-14-6-12-28-32/h5-8,10-12,14-17,22H,3-4,9,13H2,1-2H3/t22-/m1/s1. The van der Waals surface area contributed by atoms with E-state index in [0.717, 1.165) is 25.0 Å². The Morgan fingerprint density at radius 2 is 1.94 bits per heavy atom. The van der Waals surface area contributed by atoms with Crippen molar-refractivity contribution < 1.29 is 14.3 Å². The molecule has 1 aliphatic heterocycles. The summed E-state index contributed by atoms with van der Waals surface area (Å²) in [5.41, 5.74) is 1.30. The number of carbonyl (C=O) groups is 1. The number of hydrogen-bond acceptors (Lipinski definition) is 7. The molecule has 1 atom stereocenters. The van der Waals surface area contributed by atoms with Crippen LogP contribution in [0.5, 0.6) is 17.4 Å². The molecule has 1 aromatic carbocycles. The molecule has 1 saturated heterocycles. The number of likely N-dealkylation sites (tertiary alicyclic amines) is 1. The van der Waals surface area contributed by atoms with Gasteiger partial charge in [0.05, 0.1) is 18.7 Å². The largest absolute Gasteiger partial charge is 0.497 e. The lowest BCUT2D eigenvalue weighted by atomic mass is 10.00. The summed E-state index contributed by atoms with van der Waals surface area (Å²) >= 11 is 0. The van der Waals surface area contributed by atoms with E-state index >= 15 is 0 Å². The lowest BCUT2D eigenvalue weighted by molar-refractivity contribution is 0.0598. The molecule has 0 spiro atoms. The lowest BCUT2D eigenvalue weighted by Crippen LogP contribution is -2.39. The van der Waals surface area contributed by atoms with Gasteiger partial charge in [-0.25, -0.2) is 14.6 Å². The number of piperidine rings is 1. The monoisotopic (exact) mass is 470 g/mol. The van der Waals surface area contributed by atoms with Gasteiger partial charge in [-0.1, -0.05) is 6.07 Å². The normalized spacial score (nSPS) is 15.6. The molecule has 1 aliphatic rings. The highest BCUT2D eigenvalue weighted by Crippen LogP contribution is 2.32. The Morgan fingerprint density at radius 1 is 1.06 bits per heavy atom. The smallest absolute Gasteiger partial charge is 0.256 e. The van der Waals surface area contributed by atoms with Crippen molar-refractivity contribution in [2.75, 3.05) is 13.7 Å². The van der Waals surface area contributed by atoms with Crippen molar-refractivity contribution in [3.05, 3.63) is 84.2 Å². The molecule has 0 aliphatic carbocycles. The van der Waals surface area contributed by atoms with Crippen LogP contribution < -0.4 is 9.47 Å². The van der Waals surface area contributed by atoms with Gasteiger partial charge < -0.3 is 14.4 Å². The minimum atomic E-state index is -0.241. The van der Waals surface area contributed by atoms with E-state index < -0.39 is 0 Å². The topological polar surface area (TPSA) is 95.3 Å². The third-order valence-electron chi connectivity index (χ3n) is 5.91. The third-order valence-corrected chi connectivity index (χ3v) is 5.91. The minimum Gasteiger partial charge on any atom is -0.497 e. The Labute approximate surface area is 203 Å². The van der Waals surface area contributed by atoms with Crippen LogP contribution in [0.1, 0.15) is 47.2 Å². The van der Waals surface area contributed by atoms with E-state index in [9.17, 15) is 4.79 Å².